The van der Waals surface area contributed by atoms with Crippen molar-refractivity contribution in [2.45, 2.75) is 26.8 Å². The lowest BCUT2D eigenvalue weighted by molar-refractivity contribution is 0.393. The quantitative estimate of drug-likeness (QED) is 0.484. The number of aromatic nitrogens is 2. The number of hydrogen-bond acceptors (Lipinski definition) is 4. The van der Waals surface area contributed by atoms with Gasteiger partial charge in [-0.05, 0) is 31.0 Å². The van der Waals surface area contributed by atoms with Gasteiger partial charge in [0.15, 0.2) is 0 Å². The average molecular weight is 369 g/mol. The van der Waals surface area contributed by atoms with Gasteiger partial charge in [0.25, 0.3) is 0 Å². The molecule has 0 aliphatic heterocycles. The summed E-state index contributed by atoms with van der Waals surface area (Å²) in [5, 5.41) is 7.66. The van der Waals surface area contributed by atoms with Crippen LogP contribution in [0.15, 0.2) is 77.4 Å². The number of aryl methyl sites for hydroxylation is 2. The lowest BCUT2D eigenvalue weighted by Crippen LogP contribution is -2.05. The van der Waals surface area contributed by atoms with E-state index in [1.54, 1.807) is 0 Å². The molecular weight excluding hydrogens is 346 g/mol. The number of rotatable bonds is 6. The lowest BCUT2D eigenvalue weighted by atomic mass is 10.0. The molecule has 1 N–H and O–H groups in total. The third-order valence-corrected chi connectivity index (χ3v) is 4.83. The maximum atomic E-state index is 5.35. The summed E-state index contributed by atoms with van der Waals surface area (Å²) in [5.41, 5.74) is 7.44. The predicted molar refractivity (Wildman–Crippen MR) is 112 cm³/mol. The Kier molecular flexibility index (Phi) is 5.20. The fourth-order valence-corrected chi connectivity index (χ4v) is 3.40. The van der Waals surface area contributed by atoms with Crippen LogP contribution in [-0.2, 0) is 13.0 Å². The summed E-state index contributed by atoms with van der Waals surface area (Å²) in [6.45, 7) is 4.64. The molecule has 2 aromatic heterocycles. The Labute approximate surface area is 165 Å². The van der Waals surface area contributed by atoms with E-state index in [0.29, 0.717) is 0 Å². The molecule has 4 heteroatoms. The highest BCUT2D eigenvalue weighted by molar-refractivity contribution is 5.71. The van der Waals surface area contributed by atoms with Crippen LogP contribution < -0.4 is 5.32 Å². The van der Waals surface area contributed by atoms with Crippen molar-refractivity contribution < 1.29 is 4.52 Å². The first kappa shape index (κ1) is 18.0. The van der Waals surface area contributed by atoms with Gasteiger partial charge >= 0.3 is 0 Å². The number of benzene rings is 2. The summed E-state index contributed by atoms with van der Waals surface area (Å²) in [6, 6.07) is 23.0. The zero-order valence-corrected chi connectivity index (χ0v) is 16.1. The number of anilines is 1. The second-order valence-electron chi connectivity index (χ2n) is 6.92. The molecule has 2 aromatic carbocycles. The topological polar surface area (TPSA) is 51.0 Å². The van der Waals surface area contributed by atoms with E-state index < -0.39 is 0 Å². The van der Waals surface area contributed by atoms with Gasteiger partial charge in [0.2, 0.25) is 0 Å². The summed E-state index contributed by atoms with van der Waals surface area (Å²) < 4.78 is 5.35. The minimum absolute atomic E-state index is 0.745. The first-order valence-electron chi connectivity index (χ1n) is 9.44. The van der Waals surface area contributed by atoms with Crippen LogP contribution in [0.2, 0.25) is 0 Å². The van der Waals surface area contributed by atoms with E-state index in [0.717, 1.165) is 46.9 Å². The van der Waals surface area contributed by atoms with Crippen molar-refractivity contribution in [3.63, 3.8) is 0 Å². The van der Waals surface area contributed by atoms with Crippen molar-refractivity contribution in [2.24, 2.45) is 0 Å². The van der Waals surface area contributed by atoms with Crippen LogP contribution in [0.5, 0.6) is 0 Å². The van der Waals surface area contributed by atoms with Gasteiger partial charge in [0.05, 0.1) is 17.1 Å². The zero-order chi connectivity index (χ0) is 19.3. The molecule has 0 aliphatic rings. The molecule has 0 amide bonds. The van der Waals surface area contributed by atoms with Crippen molar-refractivity contribution in [3.8, 4) is 11.1 Å². The van der Waals surface area contributed by atoms with Crippen LogP contribution in [0.25, 0.3) is 11.1 Å². The van der Waals surface area contributed by atoms with Crippen molar-refractivity contribution in [1.82, 2.24) is 10.1 Å². The molecule has 0 saturated carbocycles. The third-order valence-electron chi connectivity index (χ3n) is 4.83. The summed E-state index contributed by atoms with van der Waals surface area (Å²) in [5.74, 6) is 0.809. The van der Waals surface area contributed by atoms with Crippen LogP contribution in [0, 0.1) is 13.8 Å². The van der Waals surface area contributed by atoms with E-state index in [-0.39, 0.29) is 0 Å². The van der Waals surface area contributed by atoms with Gasteiger partial charge in [-0.15, -0.1) is 0 Å². The molecule has 28 heavy (non-hydrogen) atoms. The Balaban J connectivity index is 1.68. The van der Waals surface area contributed by atoms with Crippen molar-refractivity contribution in [2.75, 3.05) is 5.32 Å². The second kappa shape index (κ2) is 8.09. The fraction of sp³-hybridized carbons (Fsp3) is 0.167. The van der Waals surface area contributed by atoms with Gasteiger partial charge in [-0.2, -0.15) is 0 Å². The van der Waals surface area contributed by atoms with E-state index in [1.165, 1.54) is 11.1 Å². The monoisotopic (exact) mass is 369 g/mol. The maximum absolute atomic E-state index is 5.35. The third kappa shape index (κ3) is 3.96. The van der Waals surface area contributed by atoms with Gasteiger partial charge in [0, 0.05) is 30.3 Å². The molecular formula is C24H23N3O. The molecule has 4 nitrogen and oxygen atoms in total. The van der Waals surface area contributed by atoms with E-state index >= 15 is 0 Å². The van der Waals surface area contributed by atoms with Crippen LogP contribution in [0.3, 0.4) is 0 Å². The Morgan fingerprint density at radius 1 is 0.893 bits per heavy atom. The summed E-state index contributed by atoms with van der Waals surface area (Å²) >= 11 is 0. The highest BCUT2D eigenvalue weighted by Crippen LogP contribution is 2.30. The van der Waals surface area contributed by atoms with Gasteiger partial charge in [-0.3, -0.25) is 4.98 Å². The molecule has 0 unspecified atom stereocenters. The summed E-state index contributed by atoms with van der Waals surface area (Å²) in [6.07, 6.45) is 2.69. The molecule has 0 atom stereocenters. The molecule has 0 spiro atoms. The zero-order valence-electron chi connectivity index (χ0n) is 16.1. The first-order chi connectivity index (χ1) is 13.7. The average Bonchev–Trinajstić information content (AvgIpc) is 3.07. The molecule has 0 aliphatic carbocycles. The number of pyridine rings is 1. The second-order valence-corrected chi connectivity index (χ2v) is 6.92. The standard InChI is InChI=1S/C24H23N3O/c1-17-24(18(2)28-27-17)21-14-23(25-15-20-11-7-4-8-12-20)22(26-16-21)13-19-9-5-3-6-10-19/h3-12,14,16,25H,13,15H2,1-2H3. The minimum atomic E-state index is 0.745. The van der Waals surface area contributed by atoms with E-state index in [4.69, 9.17) is 9.51 Å². The van der Waals surface area contributed by atoms with Crippen LogP contribution >= 0.6 is 0 Å². The molecule has 0 bridgehead atoms. The maximum Gasteiger partial charge on any atom is 0.141 e. The van der Waals surface area contributed by atoms with Crippen molar-refractivity contribution in [3.05, 3.63) is 101 Å². The highest BCUT2D eigenvalue weighted by atomic mass is 16.5. The molecule has 0 fully saturated rings. The smallest absolute Gasteiger partial charge is 0.141 e. The van der Waals surface area contributed by atoms with Crippen molar-refractivity contribution >= 4 is 5.69 Å². The largest absolute Gasteiger partial charge is 0.379 e. The number of nitrogens with one attached hydrogen (secondary N) is 1. The van der Waals surface area contributed by atoms with Crippen LogP contribution in [0.1, 0.15) is 28.3 Å². The summed E-state index contributed by atoms with van der Waals surface area (Å²) in [7, 11) is 0. The van der Waals surface area contributed by atoms with Gasteiger partial charge in [-0.25, -0.2) is 0 Å². The van der Waals surface area contributed by atoms with E-state index in [2.05, 4.69) is 65.1 Å². The molecule has 4 rings (SSSR count). The van der Waals surface area contributed by atoms with Gasteiger partial charge < -0.3 is 9.84 Å². The SMILES string of the molecule is Cc1noc(C)c1-c1cnc(Cc2ccccc2)c(NCc2ccccc2)c1. The van der Waals surface area contributed by atoms with Gasteiger partial charge in [0.1, 0.15) is 5.76 Å². The Morgan fingerprint density at radius 2 is 1.57 bits per heavy atom. The fourth-order valence-electron chi connectivity index (χ4n) is 3.40. The molecule has 2 heterocycles. The predicted octanol–water partition coefficient (Wildman–Crippen LogP) is 5.56. The molecule has 0 radical (unpaired) electrons. The van der Waals surface area contributed by atoms with Crippen LogP contribution in [-0.4, -0.2) is 10.1 Å². The van der Waals surface area contributed by atoms with Crippen LogP contribution in [0.4, 0.5) is 5.69 Å². The Hall–Kier alpha value is -3.40. The Morgan fingerprint density at radius 3 is 2.21 bits per heavy atom. The van der Waals surface area contributed by atoms with E-state index in [9.17, 15) is 0 Å². The Bertz CT molecular complexity index is 1040. The highest BCUT2D eigenvalue weighted by Gasteiger charge is 2.15. The van der Waals surface area contributed by atoms with Gasteiger partial charge in [-0.1, -0.05) is 65.8 Å². The molecule has 140 valence electrons. The molecule has 4 aromatic rings. The normalized spacial score (nSPS) is 10.8. The van der Waals surface area contributed by atoms with Crippen molar-refractivity contribution in [1.29, 1.82) is 0 Å². The number of hydrogen-bond donors (Lipinski definition) is 1. The summed E-state index contributed by atoms with van der Waals surface area (Å²) in [4.78, 5) is 4.79. The first-order valence-corrected chi connectivity index (χ1v) is 9.44. The minimum Gasteiger partial charge on any atom is -0.379 e. The van der Waals surface area contributed by atoms with E-state index in [1.807, 2.05) is 32.2 Å². The molecule has 0 saturated heterocycles. The lowest BCUT2D eigenvalue weighted by Gasteiger charge is -2.14. The number of nitrogens with zero attached hydrogens (tertiary/aromatic N) is 2.